The second-order valence-electron chi connectivity index (χ2n) is 2.84. The molecule has 0 fully saturated rings. The van der Waals surface area contributed by atoms with Crippen LogP contribution >= 0.6 is 0 Å². The largest absolute Gasteiger partial charge is 0.349 e. The number of benzene rings is 1. The Balaban J connectivity index is 2.96. The summed E-state index contributed by atoms with van der Waals surface area (Å²) in [5, 5.41) is 0. The molecule has 0 atom stereocenters. The molecule has 1 aromatic rings. The summed E-state index contributed by atoms with van der Waals surface area (Å²) in [6, 6.07) is 8.08. The Kier molecular flexibility index (Phi) is 3.26. The van der Waals surface area contributed by atoms with E-state index in [-0.39, 0.29) is 10.5 Å². The minimum Gasteiger partial charge on any atom is -0.338 e. The highest BCUT2D eigenvalue weighted by atomic mass is 32.2. The van der Waals surface area contributed by atoms with Crippen LogP contribution in [-0.4, -0.2) is 14.4 Å². The topological polar surface area (TPSA) is 60.4 Å². The minimum absolute atomic E-state index is 0.0288. The van der Waals surface area contributed by atoms with Gasteiger partial charge < -0.3 is 4.18 Å². The molecule has 4 nitrogen and oxygen atoms in total. The molecule has 0 unspecified atom stereocenters. The molecule has 1 aromatic carbocycles. The first kappa shape index (κ1) is 11.5. The second-order valence-corrected chi connectivity index (χ2v) is 4.39. The Morgan fingerprint density at radius 3 is 2.40 bits per heavy atom. The van der Waals surface area contributed by atoms with Crippen LogP contribution in [0.1, 0.15) is 6.92 Å². The van der Waals surface area contributed by atoms with Crippen LogP contribution in [0.15, 0.2) is 41.3 Å². The van der Waals surface area contributed by atoms with Gasteiger partial charge in [-0.1, -0.05) is 18.7 Å². The molecule has 1 rings (SSSR count). The summed E-state index contributed by atoms with van der Waals surface area (Å²) in [6.45, 7) is 4.66. The first-order valence-corrected chi connectivity index (χ1v) is 5.45. The van der Waals surface area contributed by atoms with Gasteiger partial charge in [-0.25, -0.2) is 4.79 Å². The van der Waals surface area contributed by atoms with E-state index in [1.807, 2.05) is 0 Å². The fraction of sp³-hybridized carbons (Fsp3) is 0.100. The lowest BCUT2D eigenvalue weighted by Crippen LogP contribution is -2.13. The van der Waals surface area contributed by atoms with E-state index in [0.717, 1.165) is 0 Å². The van der Waals surface area contributed by atoms with Crippen molar-refractivity contribution in [1.82, 2.24) is 0 Å². The average Bonchev–Trinajstić information content (AvgIpc) is 2.18. The number of hydrogen-bond donors (Lipinski definition) is 0. The Bertz CT molecular complexity index is 473. The fourth-order valence-electron chi connectivity index (χ4n) is 0.757. The molecule has 5 heteroatoms. The number of rotatable bonds is 3. The monoisotopic (exact) mass is 225 g/mol. The van der Waals surface area contributed by atoms with E-state index >= 15 is 0 Å². The van der Waals surface area contributed by atoms with E-state index in [1.54, 1.807) is 0 Å². The Morgan fingerprint density at radius 2 is 1.93 bits per heavy atom. The standard InChI is InChI=1S/C10H9O4S/c1-8(2)10(11)14-15(12,13)9-6-4-3-5-7-9/h4-7H,1H2,2H3. The summed E-state index contributed by atoms with van der Waals surface area (Å²) in [4.78, 5) is 10.9. The van der Waals surface area contributed by atoms with E-state index in [4.69, 9.17) is 0 Å². The SMILES string of the molecule is C=C(C)C(=O)OS(=O)(=O)c1cc[c]cc1. The Labute approximate surface area is 88.3 Å². The quantitative estimate of drug-likeness (QED) is 0.574. The molecule has 0 amide bonds. The van der Waals surface area contributed by atoms with Crippen LogP contribution in [0.25, 0.3) is 0 Å². The van der Waals surface area contributed by atoms with Crippen molar-refractivity contribution in [3.05, 3.63) is 42.5 Å². The third-order valence-corrected chi connectivity index (χ3v) is 2.73. The number of carbonyl (C=O) groups excluding carboxylic acids is 1. The zero-order chi connectivity index (χ0) is 11.5. The van der Waals surface area contributed by atoms with E-state index < -0.39 is 16.1 Å². The maximum atomic E-state index is 11.4. The molecule has 15 heavy (non-hydrogen) atoms. The molecule has 0 N–H and O–H groups in total. The molecular formula is C10H9O4S. The van der Waals surface area contributed by atoms with Crippen LogP contribution in [0.2, 0.25) is 0 Å². The molecule has 0 saturated heterocycles. The van der Waals surface area contributed by atoms with E-state index in [9.17, 15) is 13.2 Å². The van der Waals surface area contributed by atoms with Crippen molar-refractivity contribution in [1.29, 1.82) is 0 Å². The average molecular weight is 225 g/mol. The first-order chi connectivity index (χ1) is 6.93. The van der Waals surface area contributed by atoms with Crippen LogP contribution in [0, 0.1) is 6.07 Å². The summed E-state index contributed by atoms with van der Waals surface area (Å²) >= 11 is 0. The molecule has 0 saturated carbocycles. The lowest BCUT2D eigenvalue weighted by atomic mass is 10.4. The Hall–Kier alpha value is -1.62. The van der Waals surface area contributed by atoms with Crippen molar-refractivity contribution in [2.45, 2.75) is 11.8 Å². The third kappa shape index (κ3) is 2.92. The maximum Gasteiger partial charge on any atom is 0.349 e. The highest BCUT2D eigenvalue weighted by molar-refractivity contribution is 7.87. The van der Waals surface area contributed by atoms with Crippen LogP contribution in [-0.2, 0) is 19.1 Å². The van der Waals surface area contributed by atoms with Gasteiger partial charge in [0.2, 0.25) is 0 Å². The van der Waals surface area contributed by atoms with E-state index in [1.165, 1.54) is 31.2 Å². The summed E-state index contributed by atoms with van der Waals surface area (Å²) in [6.07, 6.45) is 0. The maximum absolute atomic E-state index is 11.4. The summed E-state index contributed by atoms with van der Waals surface area (Å²) in [5.74, 6) is -0.956. The zero-order valence-electron chi connectivity index (χ0n) is 8.06. The van der Waals surface area contributed by atoms with Crippen LogP contribution in [0.3, 0.4) is 0 Å². The van der Waals surface area contributed by atoms with Gasteiger partial charge in [0, 0.05) is 5.57 Å². The van der Waals surface area contributed by atoms with Gasteiger partial charge in [0.15, 0.2) is 0 Å². The van der Waals surface area contributed by atoms with Gasteiger partial charge in [0.1, 0.15) is 4.90 Å². The predicted molar refractivity (Wildman–Crippen MR) is 53.4 cm³/mol. The molecule has 79 valence electrons. The van der Waals surface area contributed by atoms with Crippen LogP contribution in [0.5, 0.6) is 0 Å². The highest BCUT2D eigenvalue weighted by Crippen LogP contribution is 2.12. The van der Waals surface area contributed by atoms with Gasteiger partial charge in [-0.15, -0.1) is 0 Å². The van der Waals surface area contributed by atoms with Crippen molar-refractivity contribution in [2.75, 3.05) is 0 Å². The lowest BCUT2D eigenvalue weighted by Gasteiger charge is -2.04. The van der Waals surface area contributed by atoms with Crippen LogP contribution in [0.4, 0.5) is 0 Å². The van der Waals surface area contributed by atoms with Crippen molar-refractivity contribution >= 4 is 16.1 Å². The number of carbonyl (C=O) groups is 1. The smallest absolute Gasteiger partial charge is 0.338 e. The van der Waals surface area contributed by atoms with Crippen molar-refractivity contribution in [2.24, 2.45) is 0 Å². The summed E-state index contributed by atoms with van der Waals surface area (Å²) < 4.78 is 27.2. The van der Waals surface area contributed by atoms with Gasteiger partial charge in [-0.2, -0.15) is 8.42 Å². The molecule has 0 aliphatic rings. The van der Waals surface area contributed by atoms with Gasteiger partial charge in [0.25, 0.3) is 0 Å². The zero-order valence-corrected chi connectivity index (χ0v) is 8.87. The van der Waals surface area contributed by atoms with E-state index in [2.05, 4.69) is 16.8 Å². The van der Waals surface area contributed by atoms with Crippen molar-refractivity contribution in [3.63, 3.8) is 0 Å². The highest BCUT2D eigenvalue weighted by Gasteiger charge is 2.19. The third-order valence-electron chi connectivity index (χ3n) is 1.51. The fourth-order valence-corrected chi connectivity index (χ4v) is 1.66. The van der Waals surface area contributed by atoms with Crippen molar-refractivity contribution < 1.29 is 17.4 Å². The molecule has 0 bridgehead atoms. The molecule has 0 aliphatic heterocycles. The van der Waals surface area contributed by atoms with Crippen molar-refractivity contribution in [3.8, 4) is 0 Å². The minimum atomic E-state index is -4.03. The van der Waals surface area contributed by atoms with E-state index in [0.29, 0.717) is 0 Å². The van der Waals surface area contributed by atoms with Gasteiger partial charge in [-0.3, -0.25) is 0 Å². The predicted octanol–water partition coefficient (Wildman–Crippen LogP) is 1.29. The molecule has 0 heterocycles. The summed E-state index contributed by atoms with van der Waals surface area (Å²) in [5.41, 5.74) is 0.0288. The molecule has 0 aromatic heterocycles. The molecular weight excluding hydrogens is 216 g/mol. The van der Waals surface area contributed by atoms with Gasteiger partial charge in [-0.05, 0) is 25.1 Å². The molecule has 1 radical (unpaired) electrons. The Morgan fingerprint density at radius 1 is 1.40 bits per heavy atom. The number of hydrogen-bond acceptors (Lipinski definition) is 4. The van der Waals surface area contributed by atoms with Crippen LogP contribution < -0.4 is 0 Å². The lowest BCUT2D eigenvalue weighted by molar-refractivity contribution is -0.129. The first-order valence-electron chi connectivity index (χ1n) is 4.04. The van der Waals surface area contributed by atoms with Gasteiger partial charge >= 0.3 is 16.1 Å². The summed E-state index contributed by atoms with van der Waals surface area (Å²) in [7, 11) is -4.03. The molecule has 0 spiro atoms. The normalized spacial score (nSPS) is 10.7. The van der Waals surface area contributed by atoms with Gasteiger partial charge in [0.05, 0.1) is 0 Å². The second kappa shape index (κ2) is 4.27. The molecule has 0 aliphatic carbocycles.